The van der Waals surface area contributed by atoms with Crippen LogP contribution in [0.3, 0.4) is 0 Å². The number of halogens is 1. The zero-order chi connectivity index (χ0) is 20.0. The van der Waals surface area contributed by atoms with E-state index < -0.39 is 10.2 Å². The Bertz CT molecular complexity index is 913. The Morgan fingerprint density at radius 2 is 1.48 bits per heavy atom. The molecule has 146 valence electrons. The number of benzene rings is 3. The molecule has 3 aromatic carbocycles. The van der Waals surface area contributed by atoms with Crippen molar-refractivity contribution in [1.82, 2.24) is 4.90 Å². The summed E-state index contributed by atoms with van der Waals surface area (Å²) in [5.41, 5.74) is 0.801. The van der Waals surface area contributed by atoms with Crippen molar-refractivity contribution in [2.24, 2.45) is 0 Å². The van der Waals surface area contributed by atoms with E-state index in [0.29, 0.717) is 6.54 Å². The van der Waals surface area contributed by atoms with Crippen molar-refractivity contribution in [2.45, 2.75) is 13.8 Å². The summed E-state index contributed by atoms with van der Waals surface area (Å²) in [6, 6.07) is 18.6. The maximum absolute atomic E-state index is 12.4. The summed E-state index contributed by atoms with van der Waals surface area (Å²) in [5.74, 6) is 0.193. The zero-order valence-electron chi connectivity index (χ0n) is 15.3. The van der Waals surface area contributed by atoms with Crippen molar-refractivity contribution >= 4 is 27.3 Å². The van der Waals surface area contributed by atoms with Gasteiger partial charge in [-0.25, -0.2) is 0 Å². The third-order valence-corrected chi connectivity index (χ3v) is 4.33. The van der Waals surface area contributed by atoms with Gasteiger partial charge in [0, 0.05) is 5.56 Å². The number of Topliss-reactive ketones (excluding diaryl/α,β-unsaturated/α-hetero) is 1. The Morgan fingerprint density at radius 1 is 0.926 bits per heavy atom. The van der Waals surface area contributed by atoms with Crippen LogP contribution in [0.2, 0.25) is 0 Å². The molecule has 3 aromatic rings. The molecule has 0 aromatic heterocycles. The van der Waals surface area contributed by atoms with Crippen molar-refractivity contribution in [3.05, 3.63) is 60.2 Å². The SMILES string of the molecule is CCN(CC)CC(=O)c1ccc2c(ccc3ccccc32)c1.[O-][Cl+](O)(O)O. The molecule has 0 heterocycles. The van der Waals surface area contributed by atoms with Gasteiger partial charge in [-0.1, -0.05) is 62.4 Å². The Hall–Kier alpha value is -2.06. The van der Waals surface area contributed by atoms with Gasteiger partial charge in [0.1, 0.15) is 0 Å². The molecule has 0 bridgehead atoms. The van der Waals surface area contributed by atoms with Crippen molar-refractivity contribution in [2.75, 3.05) is 19.6 Å². The van der Waals surface area contributed by atoms with Gasteiger partial charge >= 0.3 is 28.9 Å². The van der Waals surface area contributed by atoms with Crippen LogP contribution in [0.15, 0.2) is 54.6 Å². The number of hydrogen-bond donors (Lipinski definition) is 3. The van der Waals surface area contributed by atoms with E-state index >= 15 is 0 Å². The number of fused-ring (bicyclic) bond motifs is 3. The van der Waals surface area contributed by atoms with Crippen molar-refractivity contribution in [1.29, 1.82) is 0 Å². The monoisotopic (exact) mass is 393 g/mol. The number of likely N-dealkylation sites (N-methyl/N-ethyl adjacent to an activating group) is 1. The summed E-state index contributed by atoms with van der Waals surface area (Å²) >= 11 is 0. The molecule has 7 heteroatoms. The summed E-state index contributed by atoms with van der Waals surface area (Å²) in [7, 11) is -4.19. The molecule has 0 fully saturated rings. The van der Waals surface area contributed by atoms with Gasteiger partial charge in [0.25, 0.3) is 0 Å². The molecule has 0 atom stereocenters. The van der Waals surface area contributed by atoms with E-state index in [1.807, 2.05) is 12.1 Å². The number of ketones is 1. The molecule has 0 aliphatic heterocycles. The molecule has 27 heavy (non-hydrogen) atoms. The van der Waals surface area contributed by atoms with Gasteiger partial charge in [-0.2, -0.15) is 0 Å². The van der Waals surface area contributed by atoms with Crippen LogP contribution in [0, 0.1) is 10.2 Å². The van der Waals surface area contributed by atoms with E-state index in [1.54, 1.807) is 0 Å². The summed E-state index contributed by atoms with van der Waals surface area (Å²) in [4.78, 5) is 14.6. The van der Waals surface area contributed by atoms with Crippen molar-refractivity contribution in [3.63, 3.8) is 0 Å². The van der Waals surface area contributed by atoms with Crippen LogP contribution in [-0.4, -0.2) is 44.3 Å². The molecule has 3 rings (SSSR count). The van der Waals surface area contributed by atoms with Crippen LogP contribution in [0.1, 0.15) is 24.2 Å². The van der Waals surface area contributed by atoms with Crippen molar-refractivity contribution in [3.8, 4) is 0 Å². The third-order valence-electron chi connectivity index (χ3n) is 4.33. The fourth-order valence-corrected chi connectivity index (χ4v) is 2.93. The summed E-state index contributed by atoms with van der Waals surface area (Å²) in [6.45, 7) is 6.47. The minimum absolute atomic E-state index is 0.193. The average molecular weight is 394 g/mol. The third kappa shape index (κ3) is 6.25. The second-order valence-corrected chi connectivity index (χ2v) is 6.91. The first-order valence-corrected chi connectivity index (χ1v) is 9.88. The molecule has 0 spiro atoms. The Kier molecular flexibility index (Phi) is 7.26. The Balaban J connectivity index is 0.000000465. The van der Waals surface area contributed by atoms with Crippen LogP contribution in [-0.2, 0) is 0 Å². The van der Waals surface area contributed by atoms with Crippen molar-refractivity contribution < 1.29 is 33.7 Å². The predicted molar refractivity (Wildman–Crippen MR) is 100 cm³/mol. The topological polar surface area (TPSA) is 104 Å². The number of hydrogen-bond acceptors (Lipinski definition) is 6. The first-order chi connectivity index (χ1) is 12.7. The van der Waals surface area contributed by atoms with Gasteiger partial charge in [-0.3, -0.25) is 9.69 Å². The minimum atomic E-state index is -4.19. The Morgan fingerprint density at radius 3 is 2.11 bits per heavy atom. The molecule has 0 amide bonds. The summed E-state index contributed by atoms with van der Waals surface area (Å²) in [5, 5.41) is 4.81. The number of carbonyl (C=O) groups excluding carboxylic acids is 1. The fraction of sp³-hybridized carbons (Fsp3) is 0.250. The quantitative estimate of drug-likeness (QED) is 0.450. The molecular formula is C20H24ClNO5. The maximum atomic E-state index is 12.4. The van der Waals surface area contributed by atoms with E-state index in [9.17, 15) is 4.79 Å². The second kappa shape index (κ2) is 9.23. The van der Waals surface area contributed by atoms with Gasteiger partial charge < -0.3 is 0 Å². The van der Waals surface area contributed by atoms with Crippen LogP contribution in [0.5, 0.6) is 0 Å². The zero-order valence-corrected chi connectivity index (χ0v) is 16.1. The van der Waals surface area contributed by atoms with Crippen LogP contribution in [0.4, 0.5) is 0 Å². The first kappa shape index (κ1) is 21.2. The molecule has 0 aliphatic rings. The number of rotatable bonds is 5. The normalized spacial score (nSPS) is 12.1. The predicted octanol–water partition coefficient (Wildman–Crippen LogP) is 1.66. The molecule has 0 aliphatic carbocycles. The molecule has 3 N–H and O–H groups in total. The van der Waals surface area contributed by atoms with Crippen LogP contribution in [0.25, 0.3) is 21.5 Å². The van der Waals surface area contributed by atoms with E-state index in [-0.39, 0.29) is 5.78 Å². The summed E-state index contributed by atoms with van der Waals surface area (Å²) in [6.07, 6.45) is 0. The standard InChI is InChI=1S/C20H21NO.ClH3O4/c1-3-21(4-2)14-20(22)17-11-12-19-16(13-17)10-9-15-7-5-6-8-18(15)19;2-1(3,4)5/h5-13H,3-4,14H2,1-2H3;2-4H. The van der Waals surface area contributed by atoms with E-state index in [4.69, 9.17) is 18.6 Å². The molecule has 0 saturated carbocycles. The van der Waals surface area contributed by atoms with Gasteiger partial charge in [0.05, 0.1) is 6.54 Å². The molecule has 0 radical (unpaired) electrons. The number of nitrogens with zero attached hydrogens (tertiary/aromatic N) is 1. The molecule has 0 unspecified atom stereocenters. The van der Waals surface area contributed by atoms with Gasteiger partial charge in [-0.15, -0.1) is 0 Å². The summed E-state index contributed by atoms with van der Waals surface area (Å²) < 4.78 is 30.2. The van der Waals surface area contributed by atoms with Gasteiger partial charge in [0.2, 0.25) is 0 Å². The Labute approximate surface area is 160 Å². The van der Waals surface area contributed by atoms with Crippen LogP contribution >= 0.6 is 0 Å². The van der Waals surface area contributed by atoms with E-state index in [0.717, 1.165) is 24.0 Å². The first-order valence-electron chi connectivity index (χ1n) is 8.56. The molecular weight excluding hydrogens is 370 g/mol. The van der Waals surface area contributed by atoms with Gasteiger partial charge in [0.15, 0.2) is 5.78 Å². The molecule has 0 saturated heterocycles. The second-order valence-electron chi connectivity index (χ2n) is 6.04. The average Bonchev–Trinajstić information content (AvgIpc) is 2.64. The van der Waals surface area contributed by atoms with Crippen LogP contribution < -0.4 is 4.66 Å². The fourth-order valence-electron chi connectivity index (χ4n) is 2.93. The van der Waals surface area contributed by atoms with E-state index in [1.165, 1.54) is 16.2 Å². The molecule has 6 nitrogen and oxygen atoms in total. The van der Waals surface area contributed by atoms with Gasteiger partial charge in [-0.05, 0) is 40.7 Å². The number of carbonyl (C=O) groups is 1. The van der Waals surface area contributed by atoms with E-state index in [2.05, 4.69) is 61.2 Å².